The fourth-order valence-corrected chi connectivity index (χ4v) is 3.24. The van der Waals surface area contributed by atoms with Crippen molar-refractivity contribution in [2.75, 3.05) is 33.2 Å². The number of piperidine rings is 1. The Morgan fingerprint density at radius 1 is 1.25 bits per heavy atom. The molecule has 1 aliphatic heterocycles. The highest BCUT2D eigenvalue weighted by atomic mass is 127. The van der Waals surface area contributed by atoms with E-state index in [0.29, 0.717) is 0 Å². The predicted molar refractivity (Wildman–Crippen MR) is 114 cm³/mol. The van der Waals surface area contributed by atoms with Crippen LogP contribution in [-0.4, -0.2) is 44.1 Å². The van der Waals surface area contributed by atoms with E-state index in [2.05, 4.69) is 58.6 Å². The smallest absolute Gasteiger partial charge is 0.191 e. The number of hydrogen-bond donors (Lipinski definition) is 2. The maximum absolute atomic E-state index is 4.34. The first-order valence-electron chi connectivity index (χ1n) is 8.88. The zero-order chi connectivity index (χ0) is 16.5. The topological polar surface area (TPSA) is 39.7 Å². The molecular formula is C19H33IN4. The molecule has 1 aromatic carbocycles. The molecule has 1 atom stereocenters. The van der Waals surface area contributed by atoms with Crippen LogP contribution in [0.4, 0.5) is 0 Å². The minimum atomic E-state index is 0. The van der Waals surface area contributed by atoms with E-state index in [4.69, 9.17) is 0 Å². The van der Waals surface area contributed by atoms with Gasteiger partial charge in [-0.3, -0.25) is 4.99 Å². The molecule has 0 bridgehead atoms. The molecule has 0 aliphatic carbocycles. The van der Waals surface area contributed by atoms with Crippen molar-refractivity contribution >= 4 is 29.9 Å². The highest BCUT2D eigenvalue weighted by molar-refractivity contribution is 14.0. The summed E-state index contributed by atoms with van der Waals surface area (Å²) in [5, 5.41) is 6.89. The van der Waals surface area contributed by atoms with Gasteiger partial charge in [0.1, 0.15) is 0 Å². The van der Waals surface area contributed by atoms with Crippen LogP contribution in [0, 0.1) is 11.8 Å². The van der Waals surface area contributed by atoms with Gasteiger partial charge in [-0.05, 0) is 36.8 Å². The van der Waals surface area contributed by atoms with E-state index in [1.54, 1.807) is 0 Å². The van der Waals surface area contributed by atoms with Crippen molar-refractivity contribution in [1.29, 1.82) is 0 Å². The van der Waals surface area contributed by atoms with Crippen LogP contribution in [0.2, 0.25) is 0 Å². The highest BCUT2D eigenvalue weighted by Gasteiger charge is 2.20. The van der Waals surface area contributed by atoms with Crippen LogP contribution in [0.5, 0.6) is 0 Å². The van der Waals surface area contributed by atoms with Gasteiger partial charge in [-0.15, -0.1) is 24.0 Å². The second-order valence-corrected chi connectivity index (χ2v) is 6.95. The Balaban J connectivity index is 0.00000288. The molecule has 1 aliphatic rings. The van der Waals surface area contributed by atoms with E-state index in [0.717, 1.165) is 30.9 Å². The fraction of sp³-hybridized carbons (Fsp3) is 0.632. The molecule has 1 heterocycles. The quantitative estimate of drug-likeness (QED) is 0.402. The number of halogens is 1. The van der Waals surface area contributed by atoms with Crippen LogP contribution >= 0.6 is 24.0 Å². The van der Waals surface area contributed by atoms with Crippen molar-refractivity contribution in [1.82, 2.24) is 15.5 Å². The normalized spacial score (nSPS) is 19.0. The zero-order valence-electron chi connectivity index (χ0n) is 15.3. The van der Waals surface area contributed by atoms with Gasteiger partial charge >= 0.3 is 0 Å². The van der Waals surface area contributed by atoms with Crippen molar-refractivity contribution in [3.8, 4) is 0 Å². The first-order valence-corrected chi connectivity index (χ1v) is 8.88. The number of benzene rings is 1. The largest absolute Gasteiger partial charge is 0.356 e. The van der Waals surface area contributed by atoms with Gasteiger partial charge in [-0.1, -0.05) is 44.2 Å². The van der Waals surface area contributed by atoms with Crippen molar-refractivity contribution in [3.05, 3.63) is 35.9 Å². The van der Waals surface area contributed by atoms with Gasteiger partial charge in [0, 0.05) is 33.2 Å². The van der Waals surface area contributed by atoms with Crippen LogP contribution in [-0.2, 0) is 6.54 Å². The van der Waals surface area contributed by atoms with E-state index >= 15 is 0 Å². The van der Waals surface area contributed by atoms with E-state index in [9.17, 15) is 0 Å². The standard InChI is InChI=1S/C19H32N4.HI/c1-16(2)14-23-11-7-10-18(15-23)13-22-19(20-3)21-12-17-8-5-4-6-9-17;/h4-6,8-9,16,18H,7,10-15H2,1-3H3,(H2,20,21,22);1H. The van der Waals surface area contributed by atoms with Gasteiger partial charge in [0.2, 0.25) is 0 Å². The van der Waals surface area contributed by atoms with E-state index in [-0.39, 0.29) is 24.0 Å². The lowest BCUT2D eigenvalue weighted by atomic mass is 9.97. The minimum absolute atomic E-state index is 0. The summed E-state index contributed by atoms with van der Waals surface area (Å²) in [4.78, 5) is 6.95. The van der Waals surface area contributed by atoms with Gasteiger partial charge in [0.15, 0.2) is 5.96 Å². The van der Waals surface area contributed by atoms with Crippen LogP contribution < -0.4 is 10.6 Å². The minimum Gasteiger partial charge on any atom is -0.356 e. The summed E-state index contributed by atoms with van der Waals surface area (Å²) in [6.07, 6.45) is 2.63. The number of likely N-dealkylation sites (tertiary alicyclic amines) is 1. The highest BCUT2D eigenvalue weighted by Crippen LogP contribution is 2.16. The average molecular weight is 444 g/mol. The number of nitrogens with one attached hydrogen (secondary N) is 2. The van der Waals surface area contributed by atoms with Gasteiger partial charge in [-0.2, -0.15) is 0 Å². The number of rotatable bonds is 6. The fourth-order valence-electron chi connectivity index (χ4n) is 3.24. The van der Waals surface area contributed by atoms with Crippen molar-refractivity contribution in [2.24, 2.45) is 16.8 Å². The Hall–Kier alpha value is -0.820. The number of guanidine groups is 1. The van der Waals surface area contributed by atoms with Crippen LogP contribution in [0.15, 0.2) is 35.3 Å². The number of nitrogens with zero attached hydrogens (tertiary/aromatic N) is 2. The second kappa shape index (κ2) is 11.7. The summed E-state index contributed by atoms with van der Waals surface area (Å²) >= 11 is 0. The lowest BCUT2D eigenvalue weighted by Gasteiger charge is -2.34. The molecule has 4 nitrogen and oxygen atoms in total. The molecule has 1 fully saturated rings. The van der Waals surface area contributed by atoms with Crippen molar-refractivity contribution < 1.29 is 0 Å². The van der Waals surface area contributed by atoms with E-state index in [1.807, 2.05) is 13.1 Å². The molecule has 136 valence electrons. The SMILES string of the molecule is CN=C(NCc1ccccc1)NCC1CCCN(CC(C)C)C1.I. The molecule has 1 aromatic rings. The molecule has 2 rings (SSSR count). The second-order valence-electron chi connectivity index (χ2n) is 6.95. The molecule has 0 amide bonds. The molecule has 0 spiro atoms. The van der Waals surface area contributed by atoms with Crippen LogP contribution in [0.25, 0.3) is 0 Å². The molecule has 1 unspecified atom stereocenters. The lowest BCUT2D eigenvalue weighted by Crippen LogP contribution is -2.44. The molecule has 2 N–H and O–H groups in total. The Kier molecular flexibility index (Phi) is 10.3. The molecule has 24 heavy (non-hydrogen) atoms. The Labute approximate surface area is 164 Å². The molecular weight excluding hydrogens is 411 g/mol. The molecule has 0 radical (unpaired) electrons. The molecule has 5 heteroatoms. The third kappa shape index (κ3) is 7.83. The lowest BCUT2D eigenvalue weighted by molar-refractivity contribution is 0.159. The van der Waals surface area contributed by atoms with Crippen LogP contribution in [0.1, 0.15) is 32.3 Å². The summed E-state index contributed by atoms with van der Waals surface area (Å²) in [7, 11) is 1.84. The summed E-state index contributed by atoms with van der Waals surface area (Å²) in [5.74, 6) is 2.37. The zero-order valence-corrected chi connectivity index (χ0v) is 17.6. The van der Waals surface area contributed by atoms with Crippen molar-refractivity contribution in [3.63, 3.8) is 0 Å². The van der Waals surface area contributed by atoms with Gasteiger partial charge in [0.25, 0.3) is 0 Å². The summed E-state index contributed by atoms with van der Waals surface area (Å²) < 4.78 is 0. The van der Waals surface area contributed by atoms with Gasteiger partial charge < -0.3 is 15.5 Å². The maximum Gasteiger partial charge on any atom is 0.191 e. The first-order chi connectivity index (χ1) is 11.2. The maximum atomic E-state index is 4.34. The predicted octanol–water partition coefficient (Wildman–Crippen LogP) is 3.34. The number of hydrogen-bond acceptors (Lipinski definition) is 2. The third-order valence-electron chi connectivity index (χ3n) is 4.31. The first kappa shape index (κ1) is 21.2. The monoisotopic (exact) mass is 444 g/mol. The Bertz CT molecular complexity index is 476. The van der Waals surface area contributed by atoms with E-state index in [1.165, 1.54) is 38.0 Å². The summed E-state index contributed by atoms with van der Waals surface area (Å²) in [6, 6.07) is 10.4. The van der Waals surface area contributed by atoms with Gasteiger partial charge in [-0.25, -0.2) is 0 Å². The number of aliphatic imine (C=N–C) groups is 1. The summed E-state index contributed by atoms with van der Waals surface area (Å²) in [6.45, 7) is 10.1. The van der Waals surface area contributed by atoms with Gasteiger partial charge in [0.05, 0.1) is 0 Å². The molecule has 1 saturated heterocycles. The van der Waals surface area contributed by atoms with Crippen LogP contribution in [0.3, 0.4) is 0 Å². The molecule has 0 saturated carbocycles. The Morgan fingerprint density at radius 3 is 2.67 bits per heavy atom. The third-order valence-corrected chi connectivity index (χ3v) is 4.31. The van der Waals surface area contributed by atoms with E-state index < -0.39 is 0 Å². The Morgan fingerprint density at radius 2 is 2.00 bits per heavy atom. The summed E-state index contributed by atoms with van der Waals surface area (Å²) in [5.41, 5.74) is 1.27. The molecule has 0 aromatic heterocycles. The van der Waals surface area contributed by atoms with Crippen molar-refractivity contribution in [2.45, 2.75) is 33.2 Å². The average Bonchev–Trinajstić information content (AvgIpc) is 2.56.